The third kappa shape index (κ3) is 3.73. The Morgan fingerprint density at radius 3 is 2.84 bits per heavy atom. The maximum atomic E-state index is 13.8. The molecule has 0 saturated carbocycles. The van der Waals surface area contributed by atoms with E-state index in [0.29, 0.717) is 17.0 Å². The van der Waals surface area contributed by atoms with Crippen molar-refractivity contribution in [3.05, 3.63) is 64.7 Å². The first-order valence-electron chi connectivity index (χ1n) is 6.00. The van der Waals surface area contributed by atoms with Crippen molar-refractivity contribution < 1.29 is 4.39 Å². The van der Waals surface area contributed by atoms with Crippen molar-refractivity contribution in [3.8, 4) is 0 Å². The number of nitrogens with zero attached hydrogens (tertiary/aromatic N) is 1. The van der Waals surface area contributed by atoms with Gasteiger partial charge in [0.2, 0.25) is 0 Å². The number of rotatable bonds is 5. The molecule has 1 unspecified atom stereocenters. The van der Waals surface area contributed by atoms with Crippen LogP contribution in [0.4, 0.5) is 4.39 Å². The summed E-state index contributed by atoms with van der Waals surface area (Å²) in [6.07, 6.45) is 4.97. The van der Waals surface area contributed by atoms with Gasteiger partial charge in [0.05, 0.1) is 0 Å². The molecule has 3 N–H and O–H groups in total. The Labute approximate surface area is 116 Å². The van der Waals surface area contributed by atoms with E-state index in [1.807, 2.05) is 12.1 Å². The molecule has 0 aliphatic heterocycles. The minimum atomic E-state index is -0.346. The molecule has 0 bridgehead atoms. The van der Waals surface area contributed by atoms with Gasteiger partial charge in [-0.25, -0.2) is 4.39 Å². The van der Waals surface area contributed by atoms with Crippen molar-refractivity contribution >= 4 is 11.6 Å². The number of halogens is 2. The molecule has 0 aliphatic carbocycles. The minimum absolute atomic E-state index is 0.252. The number of hydrazine groups is 1. The molecule has 0 saturated heterocycles. The second kappa shape index (κ2) is 6.61. The zero-order valence-electron chi connectivity index (χ0n) is 10.3. The minimum Gasteiger partial charge on any atom is -0.271 e. The normalized spacial score (nSPS) is 12.4. The summed E-state index contributed by atoms with van der Waals surface area (Å²) in [4.78, 5) is 4.05. The van der Waals surface area contributed by atoms with Crippen molar-refractivity contribution in [2.75, 3.05) is 0 Å². The molecule has 19 heavy (non-hydrogen) atoms. The molecule has 0 aliphatic rings. The Balaban J connectivity index is 2.08. The molecule has 2 aromatic rings. The molecule has 0 spiro atoms. The van der Waals surface area contributed by atoms with E-state index in [0.717, 1.165) is 12.0 Å². The fraction of sp³-hybridized carbons (Fsp3) is 0.214. The highest BCUT2D eigenvalue weighted by molar-refractivity contribution is 6.30. The number of hydrogen-bond acceptors (Lipinski definition) is 3. The number of nitrogens with one attached hydrogen (secondary N) is 1. The third-order valence-electron chi connectivity index (χ3n) is 2.98. The molecule has 0 fully saturated rings. The number of benzene rings is 1. The summed E-state index contributed by atoms with van der Waals surface area (Å²) in [6.45, 7) is 0. The molecule has 2 rings (SSSR count). The van der Waals surface area contributed by atoms with Crippen molar-refractivity contribution in [3.63, 3.8) is 0 Å². The first kappa shape index (κ1) is 13.9. The predicted molar refractivity (Wildman–Crippen MR) is 74.0 cm³/mol. The van der Waals surface area contributed by atoms with Crippen LogP contribution >= 0.6 is 11.6 Å². The molecule has 1 heterocycles. The average molecular weight is 280 g/mol. The molecule has 0 amide bonds. The number of aryl methyl sites for hydroxylation is 1. The van der Waals surface area contributed by atoms with Crippen molar-refractivity contribution in [2.45, 2.75) is 18.9 Å². The molecule has 1 aromatic carbocycles. The van der Waals surface area contributed by atoms with E-state index < -0.39 is 0 Å². The van der Waals surface area contributed by atoms with Gasteiger partial charge in [-0.2, -0.15) is 0 Å². The molecular weight excluding hydrogens is 265 g/mol. The van der Waals surface area contributed by atoms with E-state index in [9.17, 15) is 4.39 Å². The summed E-state index contributed by atoms with van der Waals surface area (Å²) >= 11 is 5.74. The summed E-state index contributed by atoms with van der Waals surface area (Å²) in [5, 5.41) is 0.379. The van der Waals surface area contributed by atoms with Gasteiger partial charge in [0.25, 0.3) is 0 Å². The third-order valence-corrected chi connectivity index (χ3v) is 3.22. The highest BCUT2D eigenvalue weighted by Gasteiger charge is 2.14. The lowest BCUT2D eigenvalue weighted by atomic mass is 10.00. The largest absolute Gasteiger partial charge is 0.271 e. The lowest BCUT2D eigenvalue weighted by Crippen LogP contribution is -2.29. The van der Waals surface area contributed by atoms with Gasteiger partial charge in [0, 0.05) is 29.0 Å². The lowest BCUT2D eigenvalue weighted by molar-refractivity contribution is 0.485. The summed E-state index contributed by atoms with van der Waals surface area (Å²) in [7, 11) is 0. The molecule has 100 valence electrons. The van der Waals surface area contributed by atoms with E-state index in [1.165, 1.54) is 6.07 Å². The van der Waals surface area contributed by atoms with Crippen LogP contribution in [0.5, 0.6) is 0 Å². The summed E-state index contributed by atoms with van der Waals surface area (Å²) in [5.41, 5.74) is 4.26. The Morgan fingerprint density at radius 1 is 1.37 bits per heavy atom. The number of aromatic nitrogens is 1. The SMILES string of the molecule is NNC(CCc1cccnc1)c1ccc(Cl)cc1F. The van der Waals surface area contributed by atoms with Crippen LogP contribution in [-0.2, 0) is 6.42 Å². The summed E-state index contributed by atoms with van der Waals surface area (Å²) in [5.74, 6) is 5.16. The number of hydrogen-bond donors (Lipinski definition) is 2. The maximum Gasteiger partial charge on any atom is 0.129 e. The Bertz CT molecular complexity index is 533. The van der Waals surface area contributed by atoms with Gasteiger partial charge in [-0.05, 0) is 36.6 Å². The van der Waals surface area contributed by atoms with Crippen LogP contribution in [-0.4, -0.2) is 4.98 Å². The van der Waals surface area contributed by atoms with E-state index >= 15 is 0 Å². The van der Waals surface area contributed by atoms with Gasteiger partial charge in [-0.3, -0.25) is 16.3 Å². The van der Waals surface area contributed by atoms with Gasteiger partial charge < -0.3 is 0 Å². The zero-order chi connectivity index (χ0) is 13.7. The molecule has 1 atom stereocenters. The standard InChI is InChI=1S/C14H15ClFN3/c15-11-4-5-12(13(16)8-11)14(19-17)6-3-10-2-1-7-18-9-10/h1-2,4-5,7-9,14,19H,3,6,17H2. The smallest absolute Gasteiger partial charge is 0.129 e. The van der Waals surface area contributed by atoms with Crippen molar-refractivity contribution in [2.24, 2.45) is 5.84 Å². The van der Waals surface area contributed by atoms with Crippen LogP contribution in [0.1, 0.15) is 23.6 Å². The number of nitrogens with two attached hydrogens (primary N) is 1. The first-order valence-corrected chi connectivity index (χ1v) is 6.38. The van der Waals surface area contributed by atoms with Crippen molar-refractivity contribution in [1.29, 1.82) is 0 Å². The Morgan fingerprint density at radius 2 is 2.21 bits per heavy atom. The van der Waals surface area contributed by atoms with Crippen LogP contribution in [0, 0.1) is 5.82 Å². The second-order valence-electron chi connectivity index (χ2n) is 4.29. The highest BCUT2D eigenvalue weighted by Crippen LogP contribution is 2.23. The quantitative estimate of drug-likeness (QED) is 0.653. The van der Waals surface area contributed by atoms with E-state index in [-0.39, 0.29) is 11.9 Å². The van der Waals surface area contributed by atoms with Gasteiger partial charge in [0.15, 0.2) is 0 Å². The van der Waals surface area contributed by atoms with Gasteiger partial charge in [0.1, 0.15) is 5.82 Å². The topological polar surface area (TPSA) is 50.9 Å². The van der Waals surface area contributed by atoms with Crippen LogP contribution in [0.25, 0.3) is 0 Å². The fourth-order valence-corrected chi connectivity index (χ4v) is 2.13. The molecular formula is C14H15ClFN3. The van der Waals surface area contributed by atoms with Gasteiger partial charge in [-0.1, -0.05) is 23.7 Å². The maximum absolute atomic E-state index is 13.8. The Kier molecular flexibility index (Phi) is 4.85. The Hall–Kier alpha value is -1.49. The number of pyridine rings is 1. The average Bonchev–Trinajstić information content (AvgIpc) is 2.42. The lowest BCUT2D eigenvalue weighted by Gasteiger charge is -2.17. The van der Waals surface area contributed by atoms with Crippen LogP contribution in [0.3, 0.4) is 0 Å². The van der Waals surface area contributed by atoms with E-state index in [1.54, 1.807) is 24.5 Å². The first-order chi connectivity index (χ1) is 9.20. The fourth-order valence-electron chi connectivity index (χ4n) is 1.97. The molecule has 1 aromatic heterocycles. The molecule has 5 heteroatoms. The summed E-state index contributed by atoms with van der Waals surface area (Å²) in [6, 6.07) is 8.23. The van der Waals surface area contributed by atoms with Crippen LogP contribution in [0.15, 0.2) is 42.7 Å². The van der Waals surface area contributed by atoms with Gasteiger partial charge >= 0.3 is 0 Å². The highest BCUT2D eigenvalue weighted by atomic mass is 35.5. The zero-order valence-corrected chi connectivity index (χ0v) is 11.1. The van der Waals surface area contributed by atoms with Gasteiger partial charge in [-0.15, -0.1) is 0 Å². The van der Waals surface area contributed by atoms with E-state index in [4.69, 9.17) is 17.4 Å². The second-order valence-corrected chi connectivity index (χ2v) is 4.72. The predicted octanol–water partition coefficient (Wildman–Crippen LogP) is 3.01. The van der Waals surface area contributed by atoms with Crippen LogP contribution in [0.2, 0.25) is 5.02 Å². The monoisotopic (exact) mass is 279 g/mol. The van der Waals surface area contributed by atoms with E-state index in [2.05, 4.69) is 10.4 Å². The summed E-state index contributed by atoms with van der Waals surface area (Å²) < 4.78 is 13.8. The molecule has 0 radical (unpaired) electrons. The molecule has 3 nitrogen and oxygen atoms in total. The van der Waals surface area contributed by atoms with Crippen molar-refractivity contribution in [1.82, 2.24) is 10.4 Å². The van der Waals surface area contributed by atoms with Crippen LogP contribution < -0.4 is 11.3 Å².